The van der Waals surface area contributed by atoms with Crippen molar-refractivity contribution >= 4 is 28.7 Å². The minimum Gasteiger partial charge on any atom is -0.348 e. The average Bonchev–Trinajstić information content (AvgIpc) is 2.93. The van der Waals surface area contributed by atoms with Gasteiger partial charge in [-0.3, -0.25) is 18.5 Å². The lowest BCUT2D eigenvalue weighted by molar-refractivity contribution is 0.702. The molecule has 0 unspecified atom stereocenters. The fourth-order valence-electron chi connectivity index (χ4n) is 2.72. The summed E-state index contributed by atoms with van der Waals surface area (Å²) < 4.78 is 4.26. The zero-order valence-corrected chi connectivity index (χ0v) is 14.7. The van der Waals surface area contributed by atoms with E-state index in [1.54, 1.807) is 22.6 Å². The predicted octanol–water partition coefficient (Wildman–Crippen LogP) is 1.20. The minimum atomic E-state index is -0.403. The third-order valence-corrected chi connectivity index (χ3v) is 4.38. The topological polar surface area (TPSA) is 65.1 Å². The molecule has 3 rings (SSSR count). The van der Waals surface area contributed by atoms with E-state index < -0.39 is 5.69 Å². The molecular formula is C16H18ClN5O2. The lowest BCUT2D eigenvalue weighted by Crippen LogP contribution is -2.37. The zero-order valence-electron chi connectivity index (χ0n) is 13.9. The molecule has 3 aromatic rings. The molecule has 0 saturated heterocycles. The van der Waals surface area contributed by atoms with Crippen LogP contribution in [0.5, 0.6) is 0 Å². The molecule has 0 radical (unpaired) electrons. The summed E-state index contributed by atoms with van der Waals surface area (Å²) in [6, 6.07) is 7.45. The van der Waals surface area contributed by atoms with Crippen LogP contribution in [-0.4, -0.2) is 32.8 Å². The first-order valence-corrected chi connectivity index (χ1v) is 7.77. The average molecular weight is 348 g/mol. The molecule has 0 saturated carbocycles. The van der Waals surface area contributed by atoms with Crippen molar-refractivity contribution in [3.05, 3.63) is 55.7 Å². The van der Waals surface area contributed by atoms with E-state index >= 15 is 0 Å². The number of benzene rings is 1. The number of aryl methyl sites for hydroxylation is 1. The standard InChI is InChI=1S/C16H18ClN5O2/c1-19(2)15-18-13-12(14(23)21(4)16(24)20(13)3)22(15)9-10-7-5-6-8-11(10)17/h5-8H,9H2,1-4H3. The van der Waals surface area contributed by atoms with Crippen LogP contribution >= 0.6 is 11.6 Å². The highest BCUT2D eigenvalue weighted by molar-refractivity contribution is 6.31. The summed E-state index contributed by atoms with van der Waals surface area (Å²) in [4.78, 5) is 31.1. The number of hydrogen-bond donors (Lipinski definition) is 0. The van der Waals surface area contributed by atoms with Crippen LogP contribution < -0.4 is 16.1 Å². The van der Waals surface area contributed by atoms with E-state index in [0.29, 0.717) is 28.7 Å². The second kappa shape index (κ2) is 5.83. The Labute approximate surface area is 143 Å². The Balaban J connectivity index is 2.37. The highest BCUT2D eigenvalue weighted by Gasteiger charge is 2.20. The summed E-state index contributed by atoms with van der Waals surface area (Å²) >= 11 is 6.27. The molecule has 0 N–H and O–H groups in total. The van der Waals surface area contributed by atoms with Gasteiger partial charge in [0.15, 0.2) is 11.2 Å². The third kappa shape index (κ3) is 2.41. The Morgan fingerprint density at radius 2 is 1.79 bits per heavy atom. The fourth-order valence-corrected chi connectivity index (χ4v) is 2.92. The summed E-state index contributed by atoms with van der Waals surface area (Å²) in [6.45, 7) is 0.386. The van der Waals surface area contributed by atoms with Crippen molar-refractivity contribution in [1.29, 1.82) is 0 Å². The summed E-state index contributed by atoms with van der Waals surface area (Å²) in [7, 11) is 6.75. The molecule has 0 aliphatic carbocycles. The predicted molar refractivity (Wildman–Crippen MR) is 95.1 cm³/mol. The Hall–Kier alpha value is -2.54. The molecule has 0 bridgehead atoms. The van der Waals surface area contributed by atoms with E-state index in [2.05, 4.69) is 4.98 Å². The van der Waals surface area contributed by atoms with Gasteiger partial charge in [-0.05, 0) is 11.6 Å². The van der Waals surface area contributed by atoms with E-state index in [9.17, 15) is 9.59 Å². The summed E-state index contributed by atoms with van der Waals surface area (Å²) in [5.41, 5.74) is 0.834. The van der Waals surface area contributed by atoms with Crippen LogP contribution in [0.1, 0.15) is 5.56 Å². The molecule has 7 nitrogen and oxygen atoms in total. The van der Waals surface area contributed by atoms with Gasteiger partial charge in [0.25, 0.3) is 5.56 Å². The van der Waals surface area contributed by atoms with Crippen LogP contribution in [0, 0.1) is 0 Å². The van der Waals surface area contributed by atoms with Crippen molar-refractivity contribution in [2.24, 2.45) is 14.1 Å². The normalized spacial score (nSPS) is 11.2. The van der Waals surface area contributed by atoms with Crippen molar-refractivity contribution in [2.45, 2.75) is 6.54 Å². The van der Waals surface area contributed by atoms with E-state index in [-0.39, 0.29) is 5.56 Å². The lowest BCUT2D eigenvalue weighted by Gasteiger charge is -2.15. The van der Waals surface area contributed by atoms with Crippen LogP contribution in [0.15, 0.2) is 33.9 Å². The molecule has 0 amide bonds. The van der Waals surface area contributed by atoms with Crippen LogP contribution in [0.4, 0.5) is 5.95 Å². The van der Waals surface area contributed by atoms with Gasteiger partial charge in [-0.2, -0.15) is 4.98 Å². The minimum absolute atomic E-state index is 0.360. The molecule has 2 aromatic heterocycles. The lowest BCUT2D eigenvalue weighted by atomic mass is 10.2. The van der Waals surface area contributed by atoms with Crippen LogP contribution in [0.25, 0.3) is 11.2 Å². The summed E-state index contributed by atoms with van der Waals surface area (Å²) in [5.74, 6) is 0.586. The number of nitrogens with zero attached hydrogens (tertiary/aromatic N) is 5. The number of imidazole rings is 1. The fraction of sp³-hybridized carbons (Fsp3) is 0.312. The van der Waals surface area contributed by atoms with E-state index in [4.69, 9.17) is 11.6 Å². The van der Waals surface area contributed by atoms with Crippen molar-refractivity contribution in [1.82, 2.24) is 18.7 Å². The van der Waals surface area contributed by atoms with Crippen LogP contribution in [0.2, 0.25) is 5.02 Å². The van der Waals surface area contributed by atoms with Gasteiger partial charge in [-0.1, -0.05) is 29.8 Å². The Bertz CT molecular complexity index is 1050. The molecule has 2 heterocycles. The van der Waals surface area contributed by atoms with Gasteiger partial charge >= 0.3 is 5.69 Å². The van der Waals surface area contributed by atoms with Crippen molar-refractivity contribution < 1.29 is 0 Å². The van der Waals surface area contributed by atoms with Crippen molar-refractivity contribution in [3.8, 4) is 0 Å². The number of aromatic nitrogens is 4. The van der Waals surface area contributed by atoms with E-state index in [0.717, 1.165) is 10.1 Å². The van der Waals surface area contributed by atoms with Gasteiger partial charge in [0.2, 0.25) is 5.95 Å². The van der Waals surface area contributed by atoms with Crippen LogP contribution in [-0.2, 0) is 20.6 Å². The Morgan fingerprint density at radius 3 is 2.42 bits per heavy atom. The molecule has 0 atom stereocenters. The van der Waals surface area contributed by atoms with Gasteiger partial charge in [0, 0.05) is 33.2 Å². The highest BCUT2D eigenvalue weighted by atomic mass is 35.5. The molecule has 126 valence electrons. The van der Waals surface area contributed by atoms with E-state index in [1.807, 2.05) is 32.3 Å². The third-order valence-electron chi connectivity index (χ3n) is 4.01. The van der Waals surface area contributed by atoms with Gasteiger partial charge in [0.05, 0.1) is 6.54 Å². The second-order valence-electron chi connectivity index (χ2n) is 5.86. The largest absolute Gasteiger partial charge is 0.348 e. The first-order valence-electron chi connectivity index (χ1n) is 7.40. The molecule has 24 heavy (non-hydrogen) atoms. The first-order chi connectivity index (χ1) is 11.3. The Kier molecular flexibility index (Phi) is 3.96. The molecule has 1 aromatic carbocycles. The quantitative estimate of drug-likeness (QED) is 0.714. The molecule has 0 fully saturated rings. The number of halogens is 1. The summed E-state index contributed by atoms with van der Waals surface area (Å²) in [5, 5.41) is 0.616. The second-order valence-corrected chi connectivity index (χ2v) is 6.27. The van der Waals surface area contributed by atoms with Gasteiger partial charge in [0.1, 0.15) is 0 Å². The monoisotopic (exact) mass is 347 g/mol. The maximum Gasteiger partial charge on any atom is 0.332 e. The molecule has 8 heteroatoms. The van der Waals surface area contributed by atoms with Crippen LogP contribution in [0.3, 0.4) is 0 Å². The number of fused-ring (bicyclic) bond motifs is 1. The van der Waals surface area contributed by atoms with Gasteiger partial charge in [-0.25, -0.2) is 4.79 Å². The SMILES string of the molecule is CN(C)c1nc2c(c(=O)n(C)c(=O)n2C)n1Cc1ccccc1Cl. The summed E-state index contributed by atoms with van der Waals surface area (Å²) in [6.07, 6.45) is 0. The van der Waals surface area contributed by atoms with Gasteiger partial charge < -0.3 is 4.90 Å². The van der Waals surface area contributed by atoms with E-state index in [1.165, 1.54) is 11.6 Å². The van der Waals surface area contributed by atoms with Gasteiger partial charge in [-0.15, -0.1) is 0 Å². The number of rotatable bonds is 3. The number of hydrogen-bond acceptors (Lipinski definition) is 4. The maximum absolute atomic E-state index is 12.7. The number of anilines is 1. The molecule has 0 aliphatic heterocycles. The maximum atomic E-state index is 12.7. The van der Waals surface area contributed by atoms with Crippen molar-refractivity contribution in [3.63, 3.8) is 0 Å². The first kappa shape index (κ1) is 16.3. The molecular weight excluding hydrogens is 330 g/mol. The Morgan fingerprint density at radius 1 is 1.12 bits per heavy atom. The smallest absolute Gasteiger partial charge is 0.332 e. The molecule has 0 spiro atoms. The highest BCUT2D eigenvalue weighted by Crippen LogP contribution is 2.23. The zero-order chi connectivity index (χ0) is 17.6. The molecule has 0 aliphatic rings. The van der Waals surface area contributed by atoms with Crippen molar-refractivity contribution in [2.75, 3.05) is 19.0 Å².